The molecule has 0 saturated heterocycles. The van der Waals surface area contributed by atoms with E-state index in [0.717, 1.165) is 17.0 Å². The number of rotatable bonds is 3. The molecular formula is C13H19ClN2. The first kappa shape index (κ1) is 11.9. The van der Waals surface area contributed by atoms with Gasteiger partial charge < -0.3 is 5.73 Å². The number of pyridine rings is 1. The number of hydrogen-bond acceptors (Lipinski definition) is 2. The fourth-order valence-electron chi connectivity index (χ4n) is 2.61. The zero-order valence-electron chi connectivity index (χ0n) is 9.75. The van der Waals surface area contributed by atoms with Crippen molar-refractivity contribution in [2.45, 2.75) is 45.1 Å². The zero-order chi connectivity index (χ0) is 11.6. The largest absolute Gasteiger partial charge is 0.327 e. The molecule has 0 aromatic carbocycles. The molecule has 1 heterocycles. The Bertz CT molecular complexity index is 359. The number of nitrogens with zero attached hydrogens (tertiary/aromatic N) is 1. The summed E-state index contributed by atoms with van der Waals surface area (Å²) >= 11 is 6.10. The Morgan fingerprint density at radius 3 is 2.81 bits per heavy atom. The molecule has 2 nitrogen and oxygen atoms in total. The minimum Gasteiger partial charge on any atom is -0.327 e. The lowest BCUT2D eigenvalue weighted by molar-refractivity contribution is 0.260. The van der Waals surface area contributed by atoms with Crippen LogP contribution in [0.15, 0.2) is 18.5 Å². The second-order valence-corrected chi connectivity index (χ2v) is 5.55. The third-order valence-electron chi connectivity index (χ3n) is 3.94. The van der Waals surface area contributed by atoms with Crippen LogP contribution in [0.3, 0.4) is 0 Å². The first-order valence-electron chi connectivity index (χ1n) is 5.96. The van der Waals surface area contributed by atoms with E-state index >= 15 is 0 Å². The normalized spacial score (nSPS) is 20.9. The van der Waals surface area contributed by atoms with Gasteiger partial charge in [0, 0.05) is 18.4 Å². The molecule has 0 aliphatic heterocycles. The van der Waals surface area contributed by atoms with Gasteiger partial charge in [-0.1, -0.05) is 31.4 Å². The standard InChI is InChI=1S/C13H19ClN2/c1-13(5-2-3-6-13)12(15)8-10-4-7-16-9-11(10)14/h4,7,9,12H,2-3,5-6,8,15H2,1H3. The highest BCUT2D eigenvalue weighted by molar-refractivity contribution is 6.31. The van der Waals surface area contributed by atoms with Crippen LogP contribution in [-0.2, 0) is 6.42 Å². The Kier molecular flexibility index (Phi) is 3.50. The Morgan fingerprint density at radius 1 is 1.50 bits per heavy atom. The fourth-order valence-corrected chi connectivity index (χ4v) is 2.80. The summed E-state index contributed by atoms with van der Waals surface area (Å²) < 4.78 is 0. The van der Waals surface area contributed by atoms with Crippen LogP contribution < -0.4 is 5.73 Å². The van der Waals surface area contributed by atoms with Gasteiger partial charge in [0.15, 0.2) is 0 Å². The molecule has 1 aliphatic carbocycles. The molecule has 1 atom stereocenters. The Labute approximate surface area is 102 Å². The maximum Gasteiger partial charge on any atom is 0.0621 e. The average molecular weight is 239 g/mol. The number of aromatic nitrogens is 1. The molecule has 0 bridgehead atoms. The van der Waals surface area contributed by atoms with E-state index in [1.807, 2.05) is 6.07 Å². The maximum atomic E-state index is 6.34. The van der Waals surface area contributed by atoms with Crippen LogP contribution >= 0.6 is 11.6 Å². The first-order valence-corrected chi connectivity index (χ1v) is 6.33. The van der Waals surface area contributed by atoms with Gasteiger partial charge in [-0.2, -0.15) is 0 Å². The molecule has 1 saturated carbocycles. The van der Waals surface area contributed by atoms with Crippen molar-refractivity contribution in [2.75, 3.05) is 0 Å². The molecule has 1 aliphatic rings. The summed E-state index contributed by atoms with van der Waals surface area (Å²) in [6.45, 7) is 2.31. The molecule has 16 heavy (non-hydrogen) atoms. The fraction of sp³-hybridized carbons (Fsp3) is 0.615. The lowest BCUT2D eigenvalue weighted by Crippen LogP contribution is -2.39. The summed E-state index contributed by atoms with van der Waals surface area (Å²) in [5.74, 6) is 0. The van der Waals surface area contributed by atoms with Crippen molar-refractivity contribution in [3.05, 3.63) is 29.0 Å². The van der Waals surface area contributed by atoms with Crippen molar-refractivity contribution in [3.63, 3.8) is 0 Å². The van der Waals surface area contributed by atoms with E-state index in [4.69, 9.17) is 17.3 Å². The van der Waals surface area contributed by atoms with Gasteiger partial charge in [0.05, 0.1) is 5.02 Å². The first-order chi connectivity index (χ1) is 7.62. The van der Waals surface area contributed by atoms with Gasteiger partial charge in [-0.25, -0.2) is 0 Å². The highest BCUT2D eigenvalue weighted by atomic mass is 35.5. The summed E-state index contributed by atoms with van der Waals surface area (Å²) in [6.07, 6.45) is 9.46. The number of nitrogens with two attached hydrogens (primary N) is 1. The van der Waals surface area contributed by atoms with Crippen molar-refractivity contribution in [1.29, 1.82) is 0 Å². The summed E-state index contributed by atoms with van der Waals surface area (Å²) in [6, 6.07) is 2.18. The summed E-state index contributed by atoms with van der Waals surface area (Å²) in [5.41, 5.74) is 7.76. The molecule has 88 valence electrons. The molecular weight excluding hydrogens is 220 g/mol. The third kappa shape index (κ3) is 2.38. The van der Waals surface area contributed by atoms with E-state index < -0.39 is 0 Å². The predicted octanol–water partition coefficient (Wildman–Crippen LogP) is 3.19. The molecule has 1 aromatic heterocycles. The van der Waals surface area contributed by atoms with Gasteiger partial charge in [-0.15, -0.1) is 0 Å². The van der Waals surface area contributed by atoms with Crippen LogP contribution in [0.4, 0.5) is 0 Å². The maximum absolute atomic E-state index is 6.34. The van der Waals surface area contributed by atoms with E-state index in [1.165, 1.54) is 25.7 Å². The Balaban J connectivity index is 2.07. The smallest absolute Gasteiger partial charge is 0.0621 e. The van der Waals surface area contributed by atoms with Crippen LogP contribution in [0.25, 0.3) is 0 Å². The van der Waals surface area contributed by atoms with Crippen LogP contribution in [-0.4, -0.2) is 11.0 Å². The second-order valence-electron chi connectivity index (χ2n) is 5.14. The van der Waals surface area contributed by atoms with Gasteiger partial charge in [0.1, 0.15) is 0 Å². The van der Waals surface area contributed by atoms with Gasteiger partial charge in [0.2, 0.25) is 0 Å². The van der Waals surface area contributed by atoms with Crippen molar-refractivity contribution >= 4 is 11.6 Å². The van der Waals surface area contributed by atoms with E-state index in [2.05, 4.69) is 11.9 Å². The summed E-state index contributed by atoms with van der Waals surface area (Å²) in [5, 5.41) is 0.736. The zero-order valence-corrected chi connectivity index (χ0v) is 10.5. The Morgan fingerprint density at radius 2 is 2.19 bits per heavy atom. The monoisotopic (exact) mass is 238 g/mol. The van der Waals surface area contributed by atoms with Crippen LogP contribution in [0.1, 0.15) is 38.2 Å². The van der Waals surface area contributed by atoms with Crippen molar-refractivity contribution in [2.24, 2.45) is 11.1 Å². The van der Waals surface area contributed by atoms with E-state index in [0.29, 0.717) is 5.41 Å². The van der Waals surface area contributed by atoms with Crippen molar-refractivity contribution in [1.82, 2.24) is 4.98 Å². The van der Waals surface area contributed by atoms with Gasteiger partial charge in [-0.05, 0) is 36.3 Å². The molecule has 3 heteroatoms. The highest BCUT2D eigenvalue weighted by Gasteiger charge is 2.34. The van der Waals surface area contributed by atoms with E-state index in [9.17, 15) is 0 Å². The average Bonchev–Trinajstić information content (AvgIpc) is 2.70. The van der Waals surface area contributed by atoms with Crippen molar-refractivity contribution < 1.29 is 0 Å². The van der Waals surface area contributed by atoms with E-state index in [1.54, 1.807) is 12.4 Å². The second kappa shape index (κ2) is 4.72. The predicted molar refractivity (Wildman–Crippen MR) is 67.5 cm³/mol. The molecule has 2 rings (SSSR count). The molecule has 1 fully saturated rings. The van der Waals surface area contributed by atoms with Gasteiger partial charge >= 0.3 is 0 Å². The number of hydrogen-bond donors (Lipinski definition) is 1. The van der Waals surface area contributed by atoms with Crippen LogP contribution in [0, 0.1) is 5.41 Å². The Hall–Kier alpha value is -0.600. The molecule has 1 aromatic rings. The minimum atomic E-state index is 0.204. The lowest BCUT2D eigenvalue weighted by Gasteiger charge is -2.31. The molecule has 0 spiro atoms. The van der Waals surface area contributed by atoms with Crippen molar-refractivity contribution in [3.8, 4) is 0 Å². The molecule has 2 N–H and O–H groups in total. The topological polar surface area (TPSA) is 38.9 Å². The van der Waals surface area contributed by atoms with Crippen LogP contribution in [0.5, 0.6) is 0 Å². The lowest BCUT2D eigenvalue weighted by atomic mass is 9.78. The number of halogens is 1. The van der Waals surface area contributed by atoms with E-state index in [-0.39, 0.29) is 6.04 Å². The molecule has 1 unspecified atom stereocenters. The third-order valence-corrected chi connectivity index (χ3v) is 4.28. The molecule has 0 radical (unpaired) electrons. The van der Waals surface area contributed by atoms with Gasteiger partial charge in [-0.3, -0.25) is 4.98 Å². The summed E-state index contributed by atoms with van der Waals surface area (Å²) in [7, 11) is 0. The summed E-state index contributed by atoms with van der Waals surface area (Å²) in [4.78, 5) is 3.99. The molecule has 0 amide bonds. The quantitative estimate of drug-likeness (QED) is 0.879. The van der Waals surface area contributed by atoms with Gasteiger partial charge in [0.25, 0.3) is 0 Å². The van der Waals surface area contributed by atoms with Crippen LogP contribution in [0.2, 0.25) is 5.02 Å². The minimum absolute atomic E-state index is 0.204. The SMILES string of the molecule is CC1(C(N)Cc2ccncc2Cl)CCCC1. The highest BCUT2D eigenvalue weighted by Crippen LogP contribution is 2.40.